The van der Waals surface area contributed by atoms with Gasteiger partial charge >= 0.3 is 207 Å². The van der Waals surface area contributed by atoms with E-state index in [1.807, 2.05) is 30.3 Å². The second-order valence-electron chi connectivity index (χ2n) is 7.78. The van der Waals surface area contributed by atoms with Crippen molar-refractivity contribution in [2.75, 3.05) is 35.5 Å². The SMILES string of the molecule is COc1ccc(OC)c(C2c3c(cc(OC)c(OC)c3OC)COC2C[Se]c2ccccc2)c1. The molecule has 3 aromatic carbocycles. The van der Waals surface area contributed by atoms with Gasteiger partial charge in [-0.2, -0.15) is 0 Å². The summed E-state index contributed by atoms with van der Waals surface area (Å²) in [5.74, 6) is 3.24. The van der Waals surface area contributed by atoms with Crippen LogP contribution < -0.4 is 28.1 Å². The molecular formula is C27H30O6Se. The Morgan fingerprint density at radius 2 is 1.53 bits per heavy atom. The van der Waals surface area contributed by atoms with Gasteiger partial charge in [0.15, 0.2) is 0 Å². The van der Waals surface area contributed by atoms with Crippen molar-refractivity contribution in [1.82, 2.24) is 0 Å². The van der Waals surface area contributed by atoms with Gasteiger partial charge in [-0.1, -0.05) is 0 Å². The van der Waals surface area contributed by atoms with E-state index in [0.29, 0.717) is 23.9 Å². The number of hydrogen-bond donors (Lipinski definition) is 0. The molecule has 0 radical (unpaired) electrons. The van der Waals surface area contributed by atoms with E-state index in [1.165, 1.54) is 4.46 Å². The van der Waals surface area contributed by atoms with Gasteiger partial charge in [-0.25, -0.2) is 0 Å². The van der Waals surface area contributed by atoms with Crippen molar-refractivity contribution in [3.8, 4) is 28.7 Å². The van der Waals surface area contributed by atoms with Crippen LogP contribution in [0.5, 0.6) is 28.7 Å². The molecule has 0 bridgehead atoms. The van der Waals surface area contributed by atoms with Gasteiger partial charge < -0.3 is 0 Å². The van der Waals surface area contributed by atoms with E-state index < -0.39 is 0 Å². The topological polar surface area (TPSA) is 55.4 Å². The number of benzene rings is 3. The zero-order valence-electron chi connectivity index (χ0n) is 20.1. The second kappa shape index (κ2) is 11.0. The molecule has 0 saturated heterocycles. The Morgan fingerprint density at radius 3 is 2.18 bits per heavy atom. The van der Waals surface area contributed by atoms with Gasteiger partial charge in [0.25, 0.3) is 0 Å². The number of fused-ring (bicyclic) bond motifs is 1. The van der Waals surface area contributed by atoms with Crippen molar-refractivity contribution < 1.29 is 28.4 Å². The van der Waals surface area contributed by atoms with Gasteiger partial charge in [-0.05, 0) is 0 Å². The zero-order chi connectivity index (χ0) is 24.1. The molecule has 6 nitrogen and oxygen atoms in total. The fourth-order valence-electron chi connectivity index (χ4n) is 4.45. The minimum absolute atomic E-state index is 0.0827. The van der Waals surface area contributed by atoms with Crippen molar-refractivity contribution in [3.63, 3.8) is 0 Å². The van der Waals surface area contributed by atoms with Gasteiger partial charge in [0.1, 0.15) is 0 Å². The molecular weight excluding hydrogens is 499 g/mol. The van der Waals surface area contributed by atoms with E-state index in [-0.39, 0.29) is 27.0 Å². The zero-order valence-corrected chi connectivity index (χ0v) is 21.8. The fraction of sp³-hybridized carbons (Fsp3) is 0.333. The van der Waals surface area contributed by atoms with Crippen molar-refractivity contribution in [2.45, 2.75) is 23.9 Å². The molecule has 0 saturated carbocycles. The van der Waals surface area contributed by atoms with Crippen LogP contribution in [0.15, 0.2) is 54.6 Å². The summed E-state index contributed by atoms with van der Waals surface area (Å²) in [5, 5.41) is 0.888. The predicted molar refractivity (Wildman–Crippen MR) is 133 cm³/mol. The predicted octanol–water partition coefficient (Wildman–Crippen LogP) is 4.21. The average molecular weight is 529 g/mol. The van der Waals surface area contributed by atoms with Gasteiger partial charge in [0, 0.05) is 0 Å². The van der Waals surface area contributed by atoms with Crippen LogP contribution >= 0.6 is 0 Å². The molecule has 0 spiro atoms. The van der Waals surface area contributed by atoms with Gasteiger partial charge in [-0.3, -0.25) is 0 Å². The third kappa shape index (κ3) is 4.69. The first kappa shape index (κ1) is 24.3. The summed E-state index contributed by atoms with van der Waals surface area (Å²) in [6.07, 6.45) is -0.0827. The van der Waals surface area contributed by atoms with Crippen LogP contribution in [0, 0.1) is 0 Å². The molecule has 34 heavy (non-hydrogen) atoms. The van der Waals surface area contributed by atoms with E-state index in [0.717, 1.165) is 33.5 Å². The molecule has 1 heterocycles. The molecule has 180 valence electrons. The van der Waals surface area contributed by atoms with Crippen LogP contribution in [0.1, 0.15) is 22.6 Å². The summed E-state index contributed by atoms with van der Waals surface area (Å²) in [5.41, 5.74) is 3.03. The molecule has 4 rings (SSSR count). The fourth-order valence-corrected chi connectivity index (χ4v) is 6.53. The third-order valence-corrected chi connectivity index (χ3v) is 8.33. The Balaban J connectivity index is 1.88. The molecule has 1 aliphatic rings. The summed E-state index contributed by atoms with van der Waals surface area (Å²) >= 11 is 0.234. The van der Waals surface area contributed by atoms with Crippen molar-refractivity contribution in [3.05, 3.63) is 71.3 Å². The molecule has 0 N–H and O–H groups in total. The molecule has 1 aliphatic heterocycles. The maximum absolute atomic E-state index is 6.51. The first-order valence-corrected chi connectivity index (χ1v) is 13.0. The number of hydrogen-bond acceptors (Lipinski definition) is 6. The van der Waals surface area contributed by atoms with Crippen LogP contribution in [0.4, 0.5) is 0 Å². The van der Waals surface area contributed by atoms with Gasteiger partial charge in [-0.15, -0.1) is 0 Å². The summed E-state index contributed by atoms with van der Waals surface area (Å²) in [6, 6.07) is 18.4. The summed E-state index contributed by atoms with van der Waals surface area (Å²) in [4.78, 5) is 0. The first-order chi connectivity index (χ1) is 16.6. The molecule has 2 atom stereocenters. The maximum atomic E-state index is 6.51. The quantitative estimate of drug-likeness (QED) is 0.388. The average Bonchev–Trinajstić information content (AvgIpc) is 2.90. The van der Waals surface area contributed by atoms with E-state index in [4.69, 9.17) is 28.4 Å². The minimum atomic E-state index is -0.144. The van der Waals surface area contributed by atoms with E-state index in [2.05, 4.69) is 24.3 Å². The summed E-state index contributed by atoms with van der Waals surface area (Å²) < 4.78 is 36.5. The molecule has 3 aromatic rings. The summed E-state index contributed by atoms with van der Waals surface area (Å²) in [6.45, 7) is 0.463. The Morgan fingerprint density at radius 1 is 0.794 bits per heavy atom. The number of methoxy groups -OCH3 is 5. The van der Waals surface area contributed by atoms with E-state index in [9.17, 15) is 0 Å². The number of ether oxygens (including phenoxy) is 6. The van der Waals surface area contributed by atoms with Crippen LogP contribution in [-0.2, 0) is 11.3 Å². The first-order valence-electron chi connectivity index (χ1n) is 11.0. The van der Waals surface area contributed by atoms with Crippen molar-refractivity contribution in [2.24, 2.45) is 0 Å². The van der Waals surface area contributed by atoms with E-state index in [1.54, 1.807) is 35.5 Å². The Kier molecular flexibility index (Phi) is 7.88. The van der Waals surface area contributed by atoms with Crippen LogP contribution in [0.2, 0.25) is 5.32 Å². The van der Waals surface area contributed by atoms with Crippen LogP contribution in [-0.4, -0.2) is 56.6 Å². The molecule has 7 heteroatoms. The monoisotopic (exact) mass is 530 g/mol. The number of rotatable bonds is 9. The Bertz CT molecular complexity index is 1120. The van der Waals surface area contributed by atoms with Gasteiger partial charge in [0.05, 0.1) is 0 Å². The Hall–Kier alpha value is -2.86. The summed E-state index contributed by atoms with van der Waals surface area (Å²) in [7, 11) is 8.27. The van der Waals surface area contributed by atoms with Crippen molar-refractivity contribution in [1.29, 1.82) is 0 Å². The second-order valence-corrected chi connectivity index (χ2v) is 10.1. The molecule has 0 aliphatic carbocycles. The van der Waals surface area contributed by atoms with Gasteiger partial charge in [0.2, 0.25) is 0 Å². The van der Waals surface area contributed by atoms with Crippen LogP contribution in [0.3, 0.4) is 0 Å². The third-order valence-electron chi connectivity index (χ3n) is 6.02. The Labute approximate surface area is 207 Å². The molecule has 0 aromatic heterocycles. The van der Waals surface area contributed by atoms with Crippen molar-refractivity contribution >= 4 is 19.4 Å². The molecule has 0 fully saturated rings. The molecule has 2 unspecified atom stereocenters. The van der Waals surface area contributed by atoms with Crippen LogP contribution in [0.25, 0.3) is 0 Å². The molecule has 0 amide bonds. The van der Waals surface area contributed by atoms with E-state index >= 15 is 0 Å². The standard InChI is InChI=1S/C27H30O6Se/c1-28-18-11-12-21(29-2)20(14-18)25-23(16-34-19-9-7-6-8-10-19)33-15-17-13-22(30-3)26(31-4)27(32-5)24(17)25/h6-14,23,25H,15-16H2,1-5H3. The normalized spacial score (nSPS) is 17.0.